The lowest BCUT2D eigenvalue weighted by Crippen LogP contribution is -2.26. The number of carbonyl (C=O) groups is 1. The van der Waals surface area contributed by atoms with Gasteiger partial charge >= 0.3 is 0 Å². The molecule has 5 nitrogen and oxygen atoms in total. The van der Waals surface area contributed by atoms with Crippen molar-refractivity contribution in [2.24, 2.45) is 0 Å². The number of anilines is 1. The Bertz CT molecular complexity index is 1120. The molecule has 2 aromatic carbocycles. The topological polar surface area (TPSA) is 75.3 Å². The van der Waals surface area contributed by atoms with Gasteiger partial charge in [0.05, 0.1) is 21.0 Å². The highest BCUT2D eigenvalue weighted by molar-refractivity contribution is 7.92. The monoisotopic (exact) mass is 438 g/mol. The Morgan fingerprint density at radius 2 is 1.86 bits per heavy atom. The molecular formula is C19H16ClFN2O3S2. The van der Waals surface area contributed by atoms with E-state index in [0.29, 0.717) is 4.34 Å². The molecule has 0 aliphatic heterocycles. The van der Waals surface area contributed by atoms with E-state index in [2.05, 4.69) is 10.0 Å². The number of sulfonamides is 1. The van der Waals surface area contributed by atoms with Crippen molar-refractivity contribution < 1.29 is 17.6 Å². The molecule has 28 heavy (non-hydrogen) atoms. The highest BCUT2D eigenvalue weighted by atomic mass is 35.5. The Morgan fingerprint density at radius 1 is 1.11 bits per heavy atom. The van der Waals surface area contributed by atoms with E-state index in [1.54, 1.807) is 13.0 Å². The number of hydrogen-bond acceptors (Lipinski definition) is 4. The third kappa shape index (κ3) is 4.70. The van der Waals surface area contributed by atoms with Crippen LogP contribution in [0.5, 0.6) is 0 Å². The van der Waals surface area contributed by atoms with Crippen LogP contribution >= 0.6 is 22.9 Å². The van der Waals surface area contributed by atoms with E-state index in [0.717, 1.165) is 10.9 Å². The molecule has 0 aliphatic rings. The van der Waals surface area contributed by atoms with Crippen molar-refractivity contribution >= 4 is 44.6 Å². The second kappa shape index (κ2) is 8.30. The van der Waals surface area contributed by atoms with Crippen LogP contribution in [0.15, 0.2) is 65.6 Å². The van der Waals surface area contributed by atoms with Crippen LogP contribution in [0.2, 0.25) is 4.34 Å². The molecule has 0 saturated carbocycles. The summed E-state index contributed by atoms with van der Waals surface area (Å²) in [7, 11) is -4.05. The number of halogens is 2. The summed E-state index contributed by atoms with van der Waals surface area (Å²) in [5.74, 6) is -1.12. The van der Waals surface area contributed by atoms with Crippen LogP contribution in [-0.4, -0.2) is 14.3 Å². The number of thiophene rings is 1. The summed E-state index contributed by atoms with van der Waals surface area (Å²) in [6.07, 6.45) is 0. The molecule has 0 aliphatic carbocycles. The van der Waals surface area contributed by atoms with Gasteiger partial charge in [0.1, 0.15) is 5.82 Å². The van der Waals surface area contributed by atoms with Crippen LogP contribution in [0.25, 0.3) is 0 Å². The van der Waals surface area contributed by atoms with Crippen LogP contribution in [-0.2, 0) is 10.0 Å². The molecule has 9 heteroatoms. The van der Waals surface area contributed by atoms with Crippen LogP contribution in [0, 0.1) is 5.82 Å². The molecule has 1 heterocycles. The molecule has 3 aromatic rings. The quantitative estimate of drug-likeness (QED) is 0.578. The van der Waals surface area contributed by atoms with Gasteiger partial charge in [0, 0.05) is 10.4 Å². The van der Waals surface area contributed by atoms with Crippen LogP contribution in [0.4, 0.5) is 10.1 Å². The highest BCUT2D eigenvalue weighted by Gasteiger charge is 2.19. The van der Waals surface area contributed by atoms with Gasteiger partial charge in [-0.2, -0.15) is 0 Å². The highest BCUT2D eigenvalue weighted by Crippen LogP contribution is 2.27. The Labute approximate surface area is 171 Å². The van der Waals surface area contributed by atoms with Gasteiger partial charge in [0.25, 0.3) is 15.9 Å². The van der Waals surface area contributed by atoms with Crippen molar-refractivity contribution in [3.8, 4) is 0 Å². The Hall–Kier alpha value is -2.42. The average Bonchev–Trinajstić information content (AvgIpc) is 3.10. The number of amides is 1. The van der Waals surface area contributed by atoms with E-state index in [1.807, 2.05) is 6.07 Å². The minimum Gasteiger partial charge on any atom is -0.345 e. The fourth-order valence-corrected chi connectivity index (χ4v) is 4.64. The molecule has 1 unspecified atom stereocenters. The van der Waals surface area contributed by atoms with Crippen LogP contribution in [0.3, 0.4) is 0 Å². The van der Waals surface area contributed by atoms with Gasteiger partial charge in [0.15, 0.2) is 0 Å². The molecule has 0 spiro atoms. The molecular weight excluding hydrogens is 423 g/mol. The van der Waals surface area contributed by atoms with Crippen LogP contribution in [0.1, 0.15) is 28.2 Å². The fourth-order valence-electron chi connectivity index (χ4n) is 2.46. The first kappa shape index (κ1) is 20.3. The zero-order valence-corrected chi connectivity index (χ0v) is 17.0. The normalized spacial score (nSPS) is 12.4. The molecule has 0 saturated heterocycles. The molecule has 1 amide bonds. The standard InChI is InChI=1S/C19H16ClFN2O3S2/c1-12(17-9-10-18(20)27-17)22-19(24)13-5-4-6-14(11-13)28(25,26)23-16-8-3-2-7-15(16)21/h2-12,23H,1H3,(H,22,24). The van der Waals surface area contributed by atoms with Gasteiger partial charge < -0.3 is 5.32 Å². The van der Waals surface area contributed by atoms with Crippen molar-refractivity contribution in [2.75, 3.05) is 4.72 Å². The number of hydrogen-bond donors (Lipinski definition) is 2. The van der Waals surface area contributed by atoms with Crippen molar-refractivity contribution in [3.63, 3.8) is 0 Å². The Morgan fingerprint density at radius 3 is 2.54 bits per heavy atom. The fraction of sp³-hybridized carbons (Fsp3) is 0.105. The van der Waals surface area contributed by atoms with E-state index in [-0.39, 0.29) is 22.2 Å². The van der Waals surface area contributed by atoms with E-state index in [1.165, 1.54) is 53.8 Å². The first-order chi connectivity index (χ1) is 13.3. The zero-order valence-electron chi connectivity index (χ0n) is 14.6. The average molecular weight is 439 g/mol. The lowest BCUT2D eigenvalue weighted by atomic mass is 10.2. The summed E-state index contributed by atoms with van der Waals surface area (Å²) >= 11 is 7.26. The van der Waals surface area contributed by atoms with E-state index < -0.39 is 21.7 Å². The first-order valence-corrected chi connectivity index (χ1v) is 10.9. The van der Waals surface area contributed by atoms with E-state index >= 15 is 0 Å². The molecule has 1 aromatic heterocycles. The number of carbonyl (C=O) groups excluding carboxylic acids is 1. The lowest BCUT2D eigenvalue weighted by Gasteiger charge is -2.13. The van der Waals surface area contributed by atoms with Gasteiger partial charge in [0.2, 0.25) is 0 Å². The maximum Gasteiger partial charge on any atom is 0.262 e. The second-order valence-electron chi connectivity index (χ2n) is 5.95. The summed E-state index contributed by atoms with van der Waals surface area (Å²) in [5.41, 5.74) is 0.00598. The van der Waals surface area contributed by atoms with Crippen molar-refractivity contribution in [1.82, 2.24) is 5.32 Å². The zero-order chi connectivity index (χ0) is 20.3. The summed E-state index contributed by atoms with van der Waals surface area (Å²) in [5, 5.41) is 2.80. The Kier molecular flexibility index (Phi) is 6.02. The Balaban J connectivity index is 1.79. The van der Waals surface area contributed by atoms with Gasteiger partial charge in [-0.05, 0) is 49.4 Å². The molecule has 0 radical (unpaired) electrons. The third-order valence-electron chi connectivity index (χ3n) is 3.89. The van der Waals surface area contributed by atoms with E-state index in [4.69, 9.17) is 11.6 Å². The van der Waals surface area contributed by atoms with E-state index in [9.17, 15) is 17.6 Å². The molecule has 0 bridgehead atoms. The number of benzene rings is 2. The number of para-hydroxylation sites is 1. The molecule has 0 fully saturated rings. The summed E-state index contributed by atoms with van der Waals surface area (Å²) in [6, 6.07) is 14.3. The predicted molar refractivity (Wildman–Crippen MR) is 109 cm³/mol. The second-order valence-corrected chi connectivity index (χ2v) is 9.38. The SMILES string of the molecule is CC(NC(=O)c1cccc(S(=O)(=O)Nc2ccccc2F)c1)c1ccc(Cl)s1. The van der Waals surface area contributed by atoms with Crippen molar-refractivity contribution in [1.29, 1.82) is 0 Å². The van der Waals surface area contributed by atoms with Gasteiger partial charge in [-0.15, -0.1) is 11.3 Å². The molecule has 146 valence electrons. The molecule has 2 N–H and O–H groups in total. The first-order valence-electron chi connectivity index (χ1n) is 8.20. The summed E-state index contributed by atoms with van der Waals surface area (Å²) in [4.78, 5) is 13.2. The maximum atomic E-state index is 13.8. The largest absolute Gasteiger partial charge is 0.345 e. The van der Waals surface area contributed by atoms with Gasteiger partial charge in [-0.1, -0.05) is 29.8 Å². The lowest BCUT2D eigenvalue weighted by molar-refractivity contribution is 0.0940. The minimum absolute atomic E-state index is 0.143. The number of nitrogens with one attached hydrogen (secondary N) is 2. The molecule has 3 rings (SSSR count). The molecule has 1 atom stereocenters. The van der Waals surface area contributed by atoms with Crippen LogP contribution < -0.4 is 10.0 Å². The maximum absolute atomic E-state index is 13.8. The van der Waals surface area contributed by atoms with Crippen molar-refractivity contribution in [2.45, 2.75) is 17.9 Å². The van der Waals surface area contributed by atoms with Gasteiger partial charge in [-0.25, -0.2) is 12.8 Å². The summed E-state index contributed by atoms with van der Waals surface area (Å²) in [6.45, 7) is 1.81. The third-order valence-corrected chi connectivity index (χ3v) is 6.67. The summed E-state index contributed by atoms with van der Waals surface area (Å²) < 4.78 is 41.7. The number of rotatable bonds is 6. The van der Waals surface area contributed by atoms with Crippen molar-refractivity contribution in [3.05, 3.63) is 81.3 Å². The predicted octanol–water partition coefficient (Wildman–Crippen LogP) is 4.83. The smallest absolute Gasteiger partial charge is 0.262 e. The van der Waals surface area contributed by atoms with Gasteiger partial charge in [-0.3, -0.25) is 9.52 Å². The minimum atomic E-state index is -4.05.